The highest BCUT2D eigenvalue weighted by molar-refractivity contribution is 5.87. The van der Waals surface area contributed by atoms with Gasteiger partial charge in [0.05, 0.1) is 5.52 Å². The molecule has 1 aromatic carbocycles. The molecular formula is C12H9FN. The van der Waals surface area contributed by atoms with Crippen LogP contribution in [0.2, 0.25) is 0 Å². The van der Waals surface area contributed by atoms with Gasteiger partial charge in [0, 0.05) is 18.5 Å². The van der Waals surface area contributed by atoms with Gasteiger partial charge in [-0.15, -0.1) is 0 Å². The number of hydrogen-bond acceptors (Lipinski definition) is 1. The normalized spacial score (nSPS) is 12.0. The van der Waals surface area contributed by atoms with E-state index in [1.807, 2.05) is 30.3 Å². The van der Waals surface area contributed by atoms with Crippen LogP contribution >= 0.6 is 0 Å². The lowest BCUT2D eigenvalue weighted by Gasteiger charge is -2.00. The van der Waals surface area contributed by atoms with Gasteiger partial charge in [0.1, 0.15) is 5.83 Å². The van der Waals surface area contributed by atoms with E-state index in [-0.39, 0.29) is 0 Å². The van der Waals surface area contributed by atoms with Crippen molar-refractivity contribution in [3.8, 4) is 0 Å². The molecule has 2 rings (SSSR count). The van der Waals surface area contributed by atoms with Crippen LogP contribution in [-0.2, 0) is 0 Å². The summed E-state index contributed by atoms with van der Waals surface area (Å²) in [4.78, 5) is 4.18. The third-order valence-corrected chi connectivity index (χ3v) is 1.99. The van der Waals surface area contributed by atoms with Crippen molar-refractivity contribution in [2.75, 3.05) is 0 Å². The fourth-order valence-corrected chi connectivity index (χ4v) is 1.42. The van der Waals surface area contributed by atoms with E-state index in [0.29, 0.717) is 0 Å². The highest BCUT2D eigenvalue weighted by atomic mass is 19.1. The summed E-state index contributed by atoms with van der Waals surface area (Å²) < 4.78 is 12.6. The average Bonchev–Trinajstić information content (AvgIpc) is 2.18. The lowest BCUT2D eigenvalue weighted by atomic mass is 10.1. The van der Waals surface area contributed by atoms with E-state index >= 15 is 0 Å². The molecule has 0 aliphatic carbocycles. The van der Waals surface area contributed by atoms with E-state index in [1.165, 1.54) is 6.08 Å². The smallest absolute Gasteiger partial charge is 0.101 e. The highest BCUT2D eigenvalue weighted by Gasteiger charge is 1.98. The summed E-state index contributed by atoms with van der Waals surface area (Å²) in [7, 11) is 0. The predicted octanol–water partition coefficient (Wildman–Crippen LogP) is 3.38. The number of fused-ring (bicyclic) bond motifs is 1. The zero-order chi connectivity index (χ0) is 9.97. The van der Waals surface area contributed by atoms with E-state index in [2.05, 4.69) is 11.9 Å². The molecule has 0 spiro atoms. The maximum atomic E-state index is 12.6. The molecule has 0 aliphatic heterocycles. The molecule has 0 saturated heterocycles. The van der Waals surface area contributed by atoms with E-state index < -0.39 is 5.83 Å². The number of pyridine rings is 1. The molecule has 0 amide bonds. The van der Waals surface area contributed by atoms with Gasteiger partial charge in [-0.25, -0.2) is 4.39 Å². The van der Waals surface area contributed by atoms with E-state index in [1.54, 1.807) is 6.20 Å². The standard InChI is InChI=1S/C12H9FN/c1-9(13)8-10-4-2-6-12-11(10)5-3-7-14-12/h2-8H,1H2/b9-8+. The molecule has 0 saturated carbocycles. The van der Waals surface area contributed by atoms with Crippen molar-refractivity contribution in [1.29, 1.82) is 0 Å². The van der Waals surface area contributed by atoms with Crippen LogP contribution < -0.4 is 0 Å². The molecule has 0 bridgehead atoms. The van der Waals surface area contributed by atoms with Crippen molar-refractivity contribution in [2.45, 2.75) is 0 Å². The van der Waals surface area contributed by atoms with Crippen molar-refractivity contribution in [3.63, 3.8) is 0 Å². The minimum atomic E-state index is -0.443. The van der Waals surface area contributed by atoms with Gasteiger partial charge in [-0.2, -0.15) is 0 Å². The Kier molecular flexibility index (Phi) is 2.27. The van der Waals surface area contributed by atoms with Crippen LogP contribution in [-0.4, -0.2) is 4.98 Å². The molecule has 1 nitrogen and oxygen atoms in total. The Morgan fingerprint density at radius 2 is 2.14 bits per heavy atom. The molecule has 14 heavy (non-hydrogen) atoms. The summed E-state index contributed by atoms with van der Waals surface area (Å²) in [6.07, 6.45) is 3.13. The van der Waals surface area contributed by atoms with Crippen LogP contribution in [0, 0.1) is 6.92 Å². The van der Waals surface area contributed by atoms with Crippen molar-refractivity contribution in [2.24, 2.45) is 0 Å². The quantitative estimate of drug-likeness (QED) is 0.665. The first-order valence-electron chi connectivity index (χ1n) is 4.30. The van der Waals surface area contributed by atoms with Crippen LogP contribution in [0.15, 0.2) is 42.4 Å². The molecule has 1 heterocycles. The van der Waals surface area contributed by atoms with Crippen LogP contribution in [0.1, 0.15) is 5.56 Å². The lowest BCUT2D eigenvalue weighted by Crippen LogP contribution is -1.81. The number of allylic oxidation sites excluding steroid dienone is 1. The third kappa shape index (κ3) is 1.64. The summed E-state index contributed by atoms with van der Waals surface area (Å²) >= 11 is 0. The summed E-state index contributed by atoms with van der Waals surface area (Å²) in [5, 5.41) is 0.939. The van der Waals surface area contributed by atoms with Crippen molar-refractivity contribution in [3.05, 3.63) is 54.8 Å². The first kappa shape index (κ1) is 8.88. The molecule has 2 aromatic rings. The van der Waals surface area contributed by atoms with Crippen LogP contribution in [0.5, 0.6) is 0 Å². The number of nitrogens with zero attached hydrogens (tertiary/aromatic N) is 1. The van der Waals surface area contributed by atoms with Crippen molar-refractivity contribution in [1.82, 2.24) is 4.98 Å². The molecule has 1 aromatic heterocycles. The second-order valence-corrected chi connectivity index (χ2v) is 3.01. The SMILES string of the molecule is [CH2]/C(F)=C\c1cccc2ncccc12. The number of aromatic nitrogens is 1. The predicted molar refractivity (Wildman–Crippen MR) is 56.2 cm³/mol. The molecule has 0 atom stereocenters. The topological polar surface area (TPSA) is 12.9 Å². The Labute approximate surface area is 81.9 Å². The van der Waals surface area contributed by atoms with Gasteiger partial charge >= 0.3 is 0 Å². The van der Waals surface area contributed by atoms with E-state index in [9.17, 15) is 4.39 Å². The number of hydrogen-bond donors (Lipinski definition) is 0. The maximum Gasteiger partial charge on any atom is 0.101 e. The summed E-state index contributed by atoms with van der Waals surface area (Å²) in [6, 6.07) is 9.34. The molecule has 0 fully saturated rings. The zero-order valence-electron chi connectivity index (χ0n) is 7.57. The largest absolute Gasteiger partial charge is 0.256 e. The maximum absolute atomic E-state index is 12.6. The number of halogens is 1. The van der Waals surface area contributed by atoms with Crippen LogP contribution in [0.4, 0.5) is 4.39 Å². The Bertz CT molecular complexity index is 479. The monoisotopic (exact) mass is 186 g/mol. The second kappa shape index (κ2) is 3.58. The van der Waals surface area contributed by atoms with Gasteiger partial charge in [0.15, 0.2) is 0 Å². The van der Waals surface area contributed by atoms with Gasteiger partial charge < -0.3 is 0 Å². The Morgan fingerprint density at radius 1 is 1.29 bits per heavy atom. The van der Waals surface area contributed by atoms with Crippen molar-refractivity contribution >= 4 is 17.0 Å². The van der Waals surface area contributed by atoms with Crippen molar-refractivity contribution < 1.29 is 4.39 Å². The number of benzene rings is 1. The first-order chi connectivity index (χ1) is 6.77. The Morgan fingerprint density at radius 3 is 2.93 bits per heavy atom. The third-order valence-electron chi connectivity index (χ3n) is 1.99. The van der Waals surface area contributed by atoms with E-state index in [0.717, 1.165) is 16.5 Å². The summed E-state index contributed by atoms with van der Waals surface area (Å²) in [5.74, 6) is -0.443. The zero-order valence-corrected chi connectivity index (χ0v) is 7.57. The minimum absolute atomic E-state index is 0.443. The van der Waals surface area contributed by atoms with Crippen LogP contribution in [0.25, 0.3) is 17.0 Å². The minimum Gasteiger partial charge on any atom is -0.256 e. The summed E-state index contributed by atoms with van der Waals surface area (Å²) in [5.41, 5.74) is 1.67. The molecule has 0 N–H and O–H groups in total. The lowest BCUT2D eigenvalue weighted by molar-refractivity contribution is 0.673. The highest BCUT2D eigenvalue weighted by Crippen LogP contribution is 2.18. The van der Waals surface area contributed by atoms with Gasteiger partial charge in [-0.3, -0.25) is 4.98 Å². The molecule has 2 heteroatoms. The molecule has 69 valence electrons. The molecule has 0 unspecified atom stereocenters. The second-order valence-electron chi connectivity index (χ2n) is 3.01. The molecular weight excluding hydrogens is 177 g/mol. The van der Waals surface area contributed by atoms with Gasteiger partial charge in [-0.1, -0.05) is 18.2 Å². The summed E-state index contributed by atoms with van der Waals surface area (Å²) in [6.45, 7) is 3.21. The number of rotatable bonds is 1. The fourth-order valence-electron chi connectivity index (χ4n) is 1.42. The van der Waals surface area contributed by atoms with Gasteiger partial charge in [0.2, 0.25) is 0 Å². The average molecular weight is 186 g/mol. The first-order valence-corrected chi connectivity index (χ1v) is 4.30. The Balaban J connectivity index is 2.71. The Hall–Kier alpha value is -1.70. The van der Waals surface area contributed by atoms with Crippen LogP contribution in [0.3, 0.4) is 0 Å². The van der Waals surface area contributed by atoms with E-state index in [4.69, 9.17) is 0 Å². The fraction of sp³-hybridized carbons (Fsp3) is 0. The van der Waals surface area contributed by atoms with Gasteiger partial charge in [-0.05, 0) is 23.8 Å². The molecule has 0 aliphatic rings. The molecule has 1 radical (unpaired) electrons. The van der Waals surface area contributed by atoms with Gasteiger partial charge in [0.25, 0.3) is 0 Å².